The molecule has 0 bridgehead atoms. The van der Waals surface area contributed by atoms with Crippen LogP contribution in [0, 0.1) is 0 Å². The predicted molar refractivity (Wildman–Crippen MR) is 76.8 cm³/mol. The van der Waals surface area contributed by atoms with E-state index >= 15 is 0 Å². The standard InChI is InChI=1S/C13H13ClN6/c14-6-7-19(10-11-4-2-1-3-5-11)13-9-15-8-12-16-17-18-20(12)13/h1-5,8-9H,6-7,10H2. The Hall–Kier alpha value is -2.21. The quantitative estimate of drug-likeness (QED) is 0.670. The number of hydrogen-bond acceptors (Lipinski definition) is 5. The zero-order valence-corrected chi connectivity index (χ0v) is 11.5. The molecule has 20 heavy (non-hydrogen) atoms. The first-order valence-electron chi connectivity index (χ1n) is 6.25. The second-order valence-electron chi connectivity index (χ2n) is 4.31. The highest BCUT2D eigenvalue weighted by molar-refractivity contribution is 6.18. The van der Waals surface area contributed by atoms with Crippen molar-refractivity contribution >= 4 is 23.1 Å². The molecule has 0 atom stereocenters. The summed E-state index contributed by atoms with van der Waals surface area (Å²) in [7, 11) is 0. The average molecular weight is 289 g/mol. The third-order valence-corrected chi connectivity index (χ3v) is 3.15. The van der Waals surface area contributed by atoms with Gasteiger partial charge < -0.3 is 4.90 Å². The maximum atomic E-state index is 5.91. The van der Waals surface area contributed by atoms with Gasteiger partial charge in [-0.25, -0.2) is 0 Å². The molecule has 3 rings (SSSR count). The molecule has 7 heteroatoms. The van der Waals surface area contributed by atoms with Gasteiger partial charge in [-0.2, -0.15) is 4.52 Å². The van der Waals surface area contributed by atoms with E-state index < -0.39 is 0 Å². The normalized spacial score (nSPS) is 10.8. The van der Waals surface area contributed by atoms with Crippen molar-refractivity contribution in [3.05, 3.63) is 48.3 Å². The Morgan fingerprint density at radius 2 is 2.00 bits per heavy atom. The van der Waals surface area contributed by atoms with Crippen molar-refractivity contribution < 1.29 is 0 Å². The molecule has 3 aromatic rings. The molecule has 0 saturated carbocycles. The molecule has 102 valence electrons. The molecule has 0 fully saturated rings. The SMILES string of the molecule is ClCCN(Cc1ccccc1)c1cncc2nnnn12. The van der Waals surface area contributed by atoms with Gasteiger partial charge in [0, 0.05) is 19.0 Å². The number of halogens is 1. The molecule has 0 spiro atoms. The summed E-state index contributed by atoms with van der Waals surface area (Å²) >= 11 is 5.91. The number of anilines is 1. The van der Waals surface area contributed by atoms with Crippen LogP contribution in [-0.4, -0.2) is 37.4 Å². The molecule has 1 aromatic carbocycles. The number of tetrazole rings is 1. The lowest BCUT2D eigenvalue weighted by molar-refractivity contribution is 0.751. The van der Waals surface area contributed by atoms with Crippen LogP contribution in [0.2, 0.25) is 0 Å². The summed E-state index contributed by atoms with van der Waals surface area (Å²) in [6.45, 7) is 1.42. The minimum atomic E-state index is 0.519. The molecule has 0 unspecified atom stereocenters. The number of hydrogen-bond donors (Lipinski definition) is 0. The lowest BCUT2D eigenvalue weighted by Gasteiger charge is -2.23. The highest BCUT2D eigenvalue weighted by atomic mass is 35.5. The summed E-state index contributed by atoms with van der Waals surface area (Å²) in [5, 5.41) is 11.6. The van der Waals surface area contributed by atoms with Crippen LogP contribution in [0.1, 0.15) is 5.56 Å². The Labute approximate surface area is 121 Å². The Balaban J connectivity index is 1.96. The summed E-state index contributed by atoms with van der Waals surface area (Å²) in [6.07, 6.45) is 3.38. The third kappa shape index (κ3) is 2.55. The number of fused-ring (bicyclic) bond motifs is 1. The Morgan fingerprint density at radius 1 is 1.15 bits per heavy atom. The largest absolute Gasteiger partial charge is 0.350 e. The summed E-state index contributed by atoms with van der Waals surface area (Å²) in [5.74, 6) is 1.35. The van der Waals surface area contributed by atoms with Crippen molar-refractivity contribution in [3.8, 4) is 0 Å². The van der Waals surface area contributed by atoms with Gasteiger partial charge in [-0.1, -0.05) is 30.3 Å². The maximum absolute atomic E-state index is 5.91. The number of aromatic nitrogens is 5. The van der Waals surface area contributed by atoms with E-state index in [1.54, 1.807) is 16.9 Å². The highest BCUT2D eigenvalue weighted by Gasteiger charge is 2.12. The van der Waals surface area contributed by atoms with Crippen molar-refractivity contribution in [2.75, 3.05) is 17.3 Å². The zero-order valence-electron chi connectivity index (χ0n) is 10.7. The smallest absolute Gasteiger partial charge is 0.199 e. The van der Waals surface area contributed by atoms with E-state index in [1.807, 2.05) is 18.2 Å². The first kappa shape index (κ1) is 12.8. The molecule has 0 N–H and O–H groups in total. The summed E-state index contributed by atoms with van der Waals surface area (Å²) < 4.78 is 1.67. The third-order valence-electron chi connectivity index (χ3n) is 2.99. The van der Waals surface area contributed by atoms with Gasteiger partial charge in [0.05, 0.1) is 12.4 Å². The minimum absolute atomic E-state index is 0.519. The Kier molecular flexibility index (Phi) is 3.73. The summed E-state index contributed by atoms with van der Waals surface area (Å²) in [6, 6.07) is 10.2. The van der Waals surface area contributed by atoms with Gasteiger partial charge in [0.25, 0.3) is 0 Å². The van der Waals surface area contributed by atoms with E-state index in [0.717, 1.165) is 12.4 Å². The van der Waals surface area contributed by atoms with E-state index in [-0.39, 0.29) is 0 Å². The van der Waals surface area contributed by atoms with E-state index in [2.05, 4.69) is 37.5 Å². The van der Waals surface area contributed by atoms with Crippen molar-refractivity contribution in [1.82, 2.24) is 25.0 Å². The second-order valence-corrected chi connectivity index (χ2v) is 4.69. The number of alkyl halides is 1. The van der Waals surface area contributed by atoms with Crippen molar-refractivity contribution in [1.29, 1.82) is 0 Å². The number of rotatable bonds is 5. The molecular formula is C13H13ClN6. The number of benzene rings is 1. The zero-order chi connectivity index (χ0) is 13.8. The lowest BCUT2D eigenvalue weighted by Crippen LogP contribution is -2.27. The second kappa shape index (κ2) is 5.83. The minimum Gasteiger partial charge on any atom is -0.350 e. The maximum Gasteiger partial charge on any atom is 0.199 e. The van der Waals surface area contributed by atoms with Crippen LogP contribution in [0.15, 0.2) is 42.7 Å². The molecule has 2 heterocycles. The molecular weight excluding hydrogens is 276 g/mol. The van der Waals surface area contributed by atoms with Gasteiger partial charge in [-0.15, -0.1) is 16.7 Å². The topological polar surface area (TPSA) is 59.2 Å². The molecule has 0 amide bonds. The summed E-state index contributed by atoms with van der Waals surface area (Å²) in [4.78, 5) is 6.29. The van der Waals surface area contributed by atoms with Crippen LogP contribution in [0.5, 0.6) is 0 Å². The van der Waals surface area contributed by atoms with E-state index in [0.29, 0.717) is 18.1 Å². The Morgan fingerprint density at radius 3 is 2.80 bits per heavy atom. The lowest BCUT2D eigenvalue weighted by atomic mass is 10.2. The fraction of sp³-hybridized carbons (Fsp3) is 0.231. The highest BCUT2D eigenvalue weighted by Crippen LogP contribution is 2.16. The van der Waals surface area contributed by atoms with Gasteiger partial charge in [-0.3, -0.25) is 4.98 Å². The first-order chi connectivity index (χ1) is 9.88. The predicted octanol–water partition coefficient (Wildman–Crippen LogP) is 1.76. The van der Waals surface area contributed by atoms with Crippen LogP contribution in [-0.2, 0) is 6.54 Å². The Bertz CT molecular complexity index is 683. The van der Waals surface area contributed by atoms with Crippen LogP contribution in [0.25, 0.3) is 5.65 Å². The van der Waals surface area contributed by atoms with Crippen LogP contribution in [0.4, 0.5) is 5.82 Å². The van der Waals surface area contributed by atoms with Gasteiger partial charge >= 0.3 is 0 Å². The monoisotopic (exact) mass is 288 g/mol. The van der Waals surface area contributed by atoms with Gasteiger partial charge in [0.2, 0.25) is 0 Å². The molecule has 2 aromatic heterocycles. The average Bonchev–Trinajstić information content (AvgIpc) is 2.96. The van der Waals surface area contributed by atoms with Gasteiger partial charge in [-0.05, 0) is 16.0 Å². The van der Waals surface area contributed by atoms with E-state index in [4.69, 9.17) is 11.6 Å². The van der Waals surface area contributed by atoms with Crippen molar-refractivity contribution in [3.63, 3.8) is 0 Å². The molecule has 0 aliphatic carbocycles. The van der Waals surface area contributed by atoms with E-state index in [9.17, 15) is 0 Å². The van der Waals surface area contributed by atoms with Crippen LogP contribution >= 0.6 is 11.6 Å². The fourth-order valence-corrected chi connectivity index (χ4v) is 2.26. The van der Waals surface area contributed by atoms with Crippen molar-refractivity contribution in [2.24, 2.45) is 0 Å². The summed E-state index contributed by atoms with van der Waals surface area (Å²) in [5.41, 5.74) is 1.82. The molecule has 0 aliphatic rings. The van der Waals surface area contributed by atoms with Crippen LogP contribution < -0.4 is 4.90 Å². The van der Waals surface area contributed by atoms with Crippen molar-refractivity contribution in [2.45, 2.75) is 6.54 Å². The van der Waals surface area contributed by atoms with E-state index in [1.165, 1.54) is 5.56 Å². The van der Waals surface area contributed by atoms with Crippen LogP contribution in [0.3, 0.4) is 0 Å². The molecule has 0 aliphatic heterocycles. The number of nitrogens with zero attached hydrogens (tertiary/aromatic N) is 6. The fourth-order valence-electron chi connectivity index (χ4n) is 2.06. The van der Waals surface area contributed by atoms with Gasteiger partial charge in [0.1, 0.15) is 0 Å². The van der Waals surface area contributed by atoms with Gasteiger partial charge in [0.15, 0.2) is 11.5 Å². The first-order valence-corrected chi connectivity index (χ1v) is 6.79. The molecule has 0 saturated heterocycles. The molecule has 0 radical (unpaired) electrons. The molecule has 6 nitrogen and oxygen atoms in total.